The van der Waals surface area contributed by atoms with E-state index in [0.717, 1.165) is 17.9 Å². The van der Waals surface area contributed by atoms with Crippen LogP contribution in [-0.2, 0) is 0 Å². The maximum atomic E-state index is 3.84. The second-order valence-corrected chi connectivity index (χ2v) is 7.12. The van der Waals surface area contributed by atoms with Gasteiger partial charge in [-0.15, -0.1) is 0 Å². The third kappa shape index (κ3) is 5.85. The molecule has 1 unspecified atom stereocenters. The summed E-state index contributed by atoms with van der Waals surface area (Å²) in [5, 5.41) is 3.84. The molecule has 0 radical (unpaired) electrons. The third-order valence-corrected chi connectivity index (χ3v) is 5.42. The lowest BCUT2D eigenvalue weighted by molar-refractivity contribution is 0.280. The largest absolute Gasteiger partial charge is 0.314 e. The van der Waals surface area contributed by atoms with E-state index in [1.54, 1.807) is 0 Å². The molecule has 0 amide bonds. The van der Waals surface area contributed by atoms with Gasteiger partial charge in [0.2, 0.25) is 0 Å². The van der Waals surface area contributed by atoms with Crippen LogP contribution >= 0.6 is 0 Å². The molecule has 0 spiro atoms. The number of rotatable bonds is 8. The highest BCUT2D eigenvalue weighted by Crippen LogP contribution is 2.31. The van der Waals surface area contributed by atoms with Crippen LogP contribution in [0.2, 0.25) is 0 Å². The molecule has 0 heterocycles. The standard InChI is InChI=1S/C18H35N/c1-2-14-19-18(13-12-16-8-6-7-9-16)15-17-10-4-3-5-11-17/h16-19H,2-15H2,1H3. The van der Waals surface area contributed by atoms with Crippen LogP contribution in [0, 0.1) is 11.8 Å². The van der Waals surface area contributed by atoms with Gasteiger partial charge in [-0.3, -0.25) is 0 Å². The van der Waals surface area contributed by atoms with E-state index >= 15 is 0 Å². The molecular formula is C18H35N. The van der Waals surface area contributed by atoms with Crippen molar-refractivity contribution in [1.82, 2.24) is 5.32 Å². The van der Waals surface area contributed by atoms with Crippen molar-refractivity contribution in [3.8, 4) is 0 Å². The number of hydrogen-bond acceptors (Lipinski definition) is 1. The summed E-state index contributed by atoms with van der Waals surface area (Å²) >= 11 is 0. The average molecular weight is 265 g/mol. The van der Waals surface area contributed by atoms with Crippen LogP contribution in [-0.4, -0.2) is 12.6 Å². The monoisotopic (exact) mass is 265 g/mol. The SMILES string of the molecule is CCCNC(CCC1CCCC1)CC1CCCCC1. The average Bonchev–Trinajstić information content (AvgIpc) is 2.96. The molecule has 19 heavy (non-hydrogen) atoms. The van der Waals surface area contributed by atoms with Crippen LogP contribution in [0.15, 0.2) is 0 Å². The zero-order valence-electron chi connectivity index (χ0n) is 13.1. The van der Waals surface area contributed by atoms with Gasteiger partial charge >= 0.3 is 0 Å². The molecule has 0 aliphatic heterocycles. The van der Waals surface area contributed by atoms with E-state index < -0.39 is 0 Å². The van der Waals surface area contributed by atoms with Gasteiger partial charge < -0.3 is 5.32 Å². The van der Waals surface area contributed by atoms with Gasteiger partial charge in [-0.2, -0.15) is 0 Å². The van der Waals surface area contributed by atoms with Crippen molar-refractivity contribution < 1.29 is 0 Å². The molecule has 2 saturated carbocycles. The molecule has 112 valence electrons. The Morgan fingerprint density at radius 3 is 2.21 bits per heavy atom. The Balaban J connectivity index is 1.69. The van der Waals surface area contributed by atoms with Gasteiger partial charge in [-0.25, -0.2) is 0 Å². The van der Waals surface area contributed by atoms with E-state index in [4.69, 9.17) is 0 Å². The summed E-state index contributed by atoms with van der Waals surface area (Å²) in [5.41, 5.74) is 0. The Labute approximate surface area is 120 Å². The van der Waals surface area contributed by atoms with E-state index in [1.165, 1.54) is 90.0 Å². The second-order valence-electron chi connectivity index (χ2n) is 7.12. The maximum absolute atomic E-state index is 3.84. The molecular weight excluding hydrogens is 230 g/mol. The van der Waals surface area contributed by atoms with E-state index in [1.807, 2.05) is 0 Å². The lowest BCUT2D eigenvalue weighted by Gasteiger charge is -2.28. The Hall–Kier alpha value is -0.0400. The molecule has 2 rings (SSSR count). The van der Waals surface area contributed by atoms with Crippen molar-refractivity contribution in [2.75, 3.05) is 6.54 Å². The Morgan fingerprint density at radius 2 is 1.53 bits per heavy atom. The number of hydrogen-bond donors (Lipinski definition) is 1. The van der Waals surface area contributed by atoms with E-state index in [2.05, 4.69) is 12.2 Å². The van der Waals surface area contributed by atoms with Gasteiger partial charge in [0.05, 0.1) is 0 Å². The van der Waals surface area contributed by atoms with Gasteiger partial charge in [0.15, 0.2) is 0 Å². The minimum atomic E-state index is 0.823. The predicted octanol–water partition coefficient (Wildman–Crippen LogP) is 5.30. The summed E-state index contributed by atoms with van der Waals surface area (Å²) in [6.07, 6.45) is 19.2. The predicted molar refractivity (Wildman–Crippen MR) is 84.5 cm³/mol. The van der Waals surface area contributed by atoms with Crippen LogP contribution in [0.25, 0.3) is 0 Å². The lowest BCUT2D eigenvalue weighted by atomic mass is 9.83. The molecule has 0 aromatic heterocycles. The van der Waals surface area contributed by atoms with Crippen LogP contribution < -0.4 is 5.32 Å². The molecule has 0 saturated heterocycles. The quantitative estimate of drug-likeness (QED) is 0.628. The van der Waals surface area contributed by atoms with Crippen molar-refractivity contribution in [3.05, 3.63) is 0 Å². The van der Waals surface area contributed by atoms with Crippen molar-refractivity contribution >= 4 is 0 Å². The highest BCUT2D eigenvalue weighted by molar-refractivity contribution is 4.77. The maximum Gasteiger partial charge on any atom is 0.00698 e. The normalized spacial score (nSPS) is 23.8. The van der Waals surface area contributed by atoms with Crippen LogP contribution in [0.4, 0.5) is 0 Å². The fraction of sp³-hybridized carbons (Fsp3) is 1.00. The van der Waals surface area contributed by atoms with Crippen molar-refractivity contribution in [3.63, 3.8) is 0 Å². The first-order chi connectivity index (χ1) is 9.38. The van der Waals surface area contributed by atoms with Gasteiger partial charge in [0.1, 0.15) is 0 Å². The highest BCUT2D eigenvalue weighted by Gasteiger charge is 2.21. The zero-order valence-corrected chi connectivity index (χ0v) is 13.1. The molecule has 1 heteroatoms. The fourth-order valence-corrected chi connectivity index (χ4v) is 4.21. The second kappa shape index (κ2) is 9.00. The summed E-state index contributed by atoms with van der Waals surface area (Å²) in [7, 11) is 0. The van der Waals surface area contributed by atoms with Gasteiger partial charge in [0, 0.05) is 6.04 Å². The van der Waals surface area contributed by atoms with E-state index in [0.29, 0.717) is 0 Å². The molecule has 2 aliphatic carbocycles. The minimum absolute atomic E-state index is 0.823. The zero-order chi connectivity index (χ0) is 13.3. The summed E-state index contributed by atoms with van der Waals surface area (Å²) in [5.74, 6) is 2.10. The Morgan fingerprint density at radius 1 is 0.895 bits per heavy atom. The van der Waals surface area contributed by atoms with Crippen LogP contribution in [0.5, 0.6) is 0 Å². The first-order valence-electron chi connectivity index (χ1n) is 9.12. The van der Waals surface area contributed by atoms with Gasteiger partial charge in [-0.1, -0.05) is 64.7 Å². The van der Waals surface area contributed by atoms with Crippen molar-refractivity contribution in [2.45, 2.75) is 96.4 Å². The minimum Gasteiger partial charge on any atom is -0.314 e. The smallest absolute Gasteiger partial charge is 0.00698 e. The fourth-order valence-electron chi connectivity index (χ4n) is 4.21. The first kappa shape index (κ1) is 15.4. The number of nitrogens with one attached hydrogen (secondary N) is 1. The Kier molecular flexibility index (Phi) is 7.27. The van der Waals surface area contributed by atoms with Gasteiger partial charge in [-0.05, 0) is 44.1 Å². The summed E-state index contributed by atoms with van der Waals surface area (Å²) in [6.45, 7) is 3.52. The van der Waals surface area contributed by atoms with Crippen LogP contribution in [0.3, 0.4) is 0 Å². The molecule has 2 fully saturated rings. The van der Waals surface area contributed by atoms with E-state index in [9.17, 15) is 0 Å². The topological polar surface area (TPSA) is 12.0 Å². The van der Waals surface area contributed by atoms with Crippen molar-refractivity contribution in [1.29, 1.82) is 0 Å². The highest BCUT2D eigenvalue weighted by atomic mass is 14.9. The molecule has 0 aromatic rings. The first-order valence-corrected chi connectivity index (χ1v) is 9.12. The third-order valence-electron chi connectivity index (χ3n) is 5.42. The summed E-state index contributed by atoms with van der Waals surface area (Å²) in [4.78, 5) is 0. The molecule has 2 aliphatic rings. The molecule has 0 bridgehead atoms. The van der Waals surface area contributed by atoms with Crippen LogP contribution in [0.1, 0.15) is 90.4 Å². The Bertz CT molecular complexity index is 214. The van der Waals surface area contributed by atoms with Gasteiger partial charge in [0.25, 0.3) is 0 Å². The molecule has 1 nitrogen and oxygen atoms in total. The molecule has 0 aromatic carbocycles. The van der Waals surface area contributed by atoms with Crippen molar-refractivity contribution in [2.24, 2.45) is 11.8 Å². The molecule has 1 N–H and O–H groups in total. The molecule has 1 atom stereocenters. The summed E-state index contributed by atoms with van der Waals surface area (Å²) < 4.78 is 0. The lowest BCUT2D eigenvalue weighted by Crippen LogP contribution is -2.32. The summed E-state index contributed by atoms with van der Waals surface area (Å²) in [6, 6.07) is 0.823. The van der Waals surface area contributed by atoms with E-state index in [-0.39, 0.29) is 0 Å².